The number of rotatable bonds is 1. The van der Waals surface area contributed by atoms with E-state index in [-0.39, 0.29) is 33.7 Å². The molecule has 2 fully saturated rings. The molecule has 1 aromatic carbocycles. The Bertz CT molecular complexity index is 609. The van der Waals surface area contributed by atoms with Crippen LogP contribution in [0.15, 0.2) is 18.2 Å². The van der Waals surface area contributed by atoms with Crippen LogP contribution in [0.25, 0.3) is 0 Å². The maximum Gasteiger partial charge on any atom is 0.286 e. The highest BCUT2D eigenvalue weighted by Gasteiger charge is 2.61. The second kappa shape index (κ2) is 3.45. The minimum Gasteiger partial charge on any atom is -0.508 e. The first-order chi connectivity index (χ1) is 9.08. The molecule has 0 spiro atoms. The Balaban J connectivity index is 1.82. The normalized spacial score (nSPS) is 35.2. The van der Waals surface area contributed by atoms with Gasteiger partial charge in [0.2, 0.25) is 5.91 Å². The molecule has 1 saturated heterocycles. The fourth-order valence-corrected chi connectivity index (χ4v) is 4.42. The first-order valence-corrected chi connectivity index (χ1v) is 6.98. The molecular formula is C13H11NO4S. The lowest BCUT2D eigenvalue weighted by atomic mass is 9.58. The number of ether oxygens (including phenoxy) is 1. The van der Waals surface area contributed by atoms with E-state index in [2.05, 4.69) is 5.32 Å². The monoisotopic (exact) mass is 277 g/mol. The third-order valence-corrected chi connectivity index (χ3v) is 5.39. The molecule has 4 aliphatic rings. The van der Waals surface area contributed by atoms with E-state index in [1.807, 2.05) is 0 Å². The molecule has 1 unspecified atom stereocenters. The number of phenols is 1. The fraction of sp³-hybridized carbons (Fsp3) is 0.385. The molecule has 5 nitrogen and oxygen atoms in total. The minimum atomic E-state index is -0.386. The predicted octanol–water partition coefficient (Wildman–Crippen LogP) is 1.54. The number of benzene rings is 1. The van der Waals surface area contributed by atoms with Crippen LogP contribution in [0.2, 0.25) is 0 Å². The molecule has 1 atom stereocenters. The summed E-state index contributed by atoms with van der Waals surface area (Å²) in [5.41, 5.74) is 0.600. The first-order valence-electron chi connectivity index (χ1n) is 6.10. The van der Waals surface area contributed by atoms with Gasteiger partial charge in [0, 0.05) is 17.0 Å². The van der Waals surface area contributed by atoms with Gasteiger partial charge in [-0.1, -0.05) is 17.8 Å². The quantitative estimate of drug-likeness (QED) is 0.814. The maximum atomic E-state index is 11.9. The first kappa shape index (κ1) is 11.2. The van der Waals surface area contributed by atoms with Crippen LogP contribution in [-0.2, 0) is 10.2 Å². The van der Waals surface area contributed by atoms with Gasteiger partial charge in [-0.25, -0.2) is 0 Å². The molecule has 98 valence electrons. The summed E-state index contributed by atoms with van der Waals surface area (Å²) in [6.07, 6.45) is 1.59. The number of hydrogen-bond acceptors (Lipinski definition) is 5. The molecule has 6 heteroatoms. The third kappa shape index (κ3) is 1.37. The summed E-state index contributed by atoms with van der Waals surface area (Å²) in [6, 6.07) is 4.98. The number of nitrogens with one attached hydrogen (secondary N) is 1. The number of amides is 2. The largest absolute Gasteiger partial charge is 0.508 e. The van der Waals surface area contributed by atoms with Crippen molar-refractivity contribution in [2.45, 2.75) is 29.6 Å². The molecular weight excluding hydrogens is 266 g/mol. The number of thioether (sulfide) groups is 1. The average molecular weight is 277 g/mol. The van der Waals surface area contributed by atoms with Gasteiger partial charge < -0.3 is 9.84 Å². The van der Waals surface area contributed by atoms with Gasteiger partial charge in [0.15, 0.2) is 0 Å². The van der Waals surface area contributed by atoms with Crippen LogP contribution >= 0.6 is 11.8 Å². The summed E-state index contributed by atoms with van der Waals surface area (Å²) in [6.45, 7) is 0. The van der Waals surface area contributed by atoms with Crippen LogP contribution in [0, 0.1) is 0 Å². The number of hydrogen-bond donors (Lipinski definition) is 2. The highest BCUT2D eigenvalue weighted by Crippen LogP contribution is 2.59. The van der Waals surface area contributed by atoms with E-state index in [0.29, 0.717) is 5.75 Å². The van der Waals surface area contributed by atoms with Gasteiger partial charge in [-0.2, -0.15) is 0 Å². The Morgan fingerprint density at radius 3 is 2.84 bits per heavy atom. The van der Waals surface area contributed by atoms with Crippen molar-refractivity contribution in [2.75, 3.05) is 0 Å². The van der Waals surface area contributed by atoms with Gasteiger partial charge in [-0.3, -0.25) is 14.9 Å². The van der Waals surface area contributed by atoms with Gasteiger partial charge in [0.1, 0.15) is 22.9 Å². The molecule has 1 saturated carbocycles. The zero-order valence-electron chi connectivity index (χ0n) is 9.88. The summed E-state index contributed by atoms with van der Waals surface area (Å²) in [7, 11) is 0. The molecule has 2 bridgehead atoms. The molecule has 3 aliphatic heterocycles. The van der Waals surface area contributed by atoms with Crippen molar-refractivity contribution in [3.05, 3.63) is 23.8 Å². The van der Waals surface area contributed by atoms with Gasteiger partial charge in [0.05, 0.1) is 0 Å². The Morgan fingerprint density at radius 2 is 2.16 bits per heavy atom. The summed E-state index contributed by atoms with van der Waals surface area (Å²) in [4.78, 5) is 23.3. The van der Waals surface area contributed by atoms with E-state index < -0.39 is 0 Å². The summed E-state index contributed by atoms with van der Waals surface area (Å²) < 4.78 is 5.74. The molecule has 1 aliphatic carbocycles. The van der Waals surface area contributed by atoms with Crippen molar-refractivity contribution in [2.24, 2.45) is 0 Å². The van der Waals surface area contributed by atoms with Gasteiger partial charge >= 0.3 is 0 Å². The molecule has 1 aromatic rings. The summed E-state index contributed by atoms with van der Waals surface area (Å²) in [5, 5.41) is 11.2. The minimum absolute atomic E-state index is 0.0819. The van der Waals surface area contributed by atoms with Gasteiger partial charge in [-0.05, 0) is 18.9 Å². The van der Waals surface area contributed by atoms with Crippen LogP contribution in [0.3, 0.4) is 0 Å². The predicted molar refractivity (Wildman–Crippen MR) is 68.4 cm³/mol. The van der Waals surface area contributed by atoms with E-state index in [4.69, 9.17) is 4.74 Å². The van der Waals surface area contributed by atoms with Crippen LogP contribution in [-0.4, -0.2) is 27.6 Å². The molecule has 5 rings (SSSR count). The topological polar surface area (TPSA) is 75.6 Å². The molecule has 2 amide bonds. The van der Waals surface area contributed by atoms with Crippen molar-refractivity contribution >= 4 is 22.9 Å². The maximum absolute atomic E-state index is 11.9. The Morgan fingerprint density at radius 1 is 1.37 bits per heavy atom. The third-order valence-electron chi connectivity index (χ3n) is 4.17. The van der Waals surface area contributed by atoms with Crippen molar-refractivity contribution in [3.8, 4) is 11.5 Å². The van der Waals surface area contributed by atoms with E-state index in [9.17, 15) is 14.7 Å². The highest BCUT2D eigenvalue weighted by molar-refractivity contribution is 8.15. The Hall–Kier alpha value is -1.69. The van der Waals surface area contributed by atoms with E-state index in [0.717, 1.165) is 30.2 Å². The number of phenolic OH excluding ortho intramolecular Hbond substituents is 1. The number of imide groups is 1. The number of aromatic hydroxyl groups is 1. The second-order valence-corrected chi connectivity index (χ2v) is 6.34. The van der Waals surface area contributed by atoms with Gasteiger partial charge in [-0.15, -0.1) is 0 Å². The lowest BCUT2D eigenvalue weighted by molar-refractivity contribution is -0.122. The highest BCUT2D eigenvalue weighted by atomic mass is 32.2. The fourth-order valence-electron chi connectivity index (χ4n) is 3.33. The van der Waals surface area contributed by atoms with E-state index in [1.165, 1.54) is 0 Å². The van der Waals surface area contributed by atoms with Crippen molar-refractivity contribution < 1.29 is 19.4 Å². The molecule has 0 radical (unpaired) electrons. The summed E-state index contributed by atoms with van der Waals surface area (Å²) >= 11 is 1.07. The van der Waals surface area contributed by atoms with E-state index >= 15 is 0 Å². The van der Waals surface area contributed by atoms with Crippen molar-refractivity contribution in [1.29, 1.82) is 0 Å². The zero-order valence-corrected chi connectivity index (χ0v) is 10.7. The second-order valence-electron chi connectivity index (χ2n) is 5.26. The molecule has 19 heavy (non-hydrogen) atoms. The van der Waals surface area contributed by atoms with Crippen LogP contribution in [0.5, 0.6) is 11.5 Å². The van der Waals surface area contributed by atoms with Crippen LogP contribution in [0.4, 0.5) is 4.79 Å². The molecule has 3 heterocycles. The SMILES string of the molecule is O=C1NC(=O)C(C23CC(C2)Oc2cc(O)ccc23)S1. The lowest BCUT2D eigenvalue weighted by Crippen LogP contribution is -2.58. The van der Waals surface area contributed by atoms with Crippen molar-refractivity contribution in [3.63, 3.8) is 0 Å². The average Bonchev–Trinajstić information content (AvgIpc) is 2.65. The standard InChI is InChI=1S/C13H11NO4S/c15-6-1-2-8-9(3-6)18-7-4-13(8,5-7)10-11(16)14-12(17)19-10/h1-3,7,10,15H,4-5H2,(H,14,16,17). The Kier molecular flexibility index (Phi) is 2.02. The number of carbonyl (C=O) groups is 2. The number of carbonyl (C=O) groups excluding carboxylic acids is 2. The molecule has 2 N–H and O–H groups in total. The van der Waals surface area contributed by atoms with Crippen LogP contribution in [0.1, 0.15) is 18.4 Å². The summed E-state index contributed by atoms with van der Waals surface area (Å²) in [5.74, 6) is 0.569. The molecule has 0 aromatic heterocycles. The van der Waals surface area contributed by atoms with Gasteiger partial charge in [0.25, 0.3) is 5.24 Å². The zero-order chi connectivity index (χ0) is 13.2. The van der Waals surface area contributed by atoms with Crippen molar-refractivity contribution in [1.82, 2.24) is 5.32 Å². The van der Waals surface area contributed by atoms with E-state index in [1.54, 1.807) is 18.2 Å². The Labute approximate surface area is 113 Å². The lowest BCUT2D eigenvalue weighted by Gasteiger charge is -2.54. The van der Waals surface area contributed by atoms with Crippen LogP contribution < -0.4 is 10.1 Å². The smallest absolute Gasteiger partial charge is 0.286 e.